The van der Waals surface area contributed by atoms with Crippen molar-refractivity contribution >= 4 is 27.0 Å². The van der Waals surface area contributed by atoms with Gasteiger partial charge in [-0.2, -0.15) is 0 Å². The van der Waals surface area contributed by atoms with E-state index in [-0.39, 0.29) is 5.54 Å². The molecule has 0 bridgehead atoms. The Balaban J connectivity index is 2.20. The van der Waals surface area contributed by atoms with Crippen molar-refractivity contribution in [2.75, 3.05) is 0 Å². The maximum atomic E-state index is 6.06. The Hall–Kier alpha value is -0.870. The zero-order valence-corrected chi connectivity index (χ0v) is 9.13. The molecule has 0 amide bonds. The van der Waals surface area contributed by atoms with Crippen LogP contribution in [0.2, 0.25) is 0 Å². The maximum Gasteiger partial charge on any atom is 0.127 e. The Labute approximate surface area is 89.8 Å². The molecule has 3 rings (SSSR count). The van der Waals surface area contributed by atoms with Gasteiger partial charge in [-0.1, -0.05) is 15.9 Å². The number of fused-ring (bicyclic) bond motifs is 1. The van der Waals surface area contributed by atoms with Gasteiger partial charge in [0.1, 0.15) is 5.82 Å². The van der Waals surface area contributed by atoms with Gasteiger partial charge in [0.15, 0.2) is 0 Å². The summed E-state index contributed by atoms with van der Waals surface area (Å²) in [6, 6.07) is 6.01. The van der Waals surface area contributed by atoms with Crippen LogP contribution in [0.15, 0.2) is 22.7 Å². The van der Waals surface area contributed by atoms with Crippen molar-refractivity contribution in [2.24, 2.45) is 5.73 Å². The van der Waals surface area contributed by atoms with Crippen LogP contribution in [0.3, 0.4) is 0 Å². The van der Waals surface area contributed by atoms with Gasteiger partial charge in [0, 0.05) is 4.47 Å². The van der Waals surface area contributed by atoms with Gasteiger partial charge in [-0.3, -0.25) is 0 Å². The second-order valence-electron chi connectivity index (χ2n) is 3.90. The number of nitrogens with zero attached hydrogens (tertiary/aromatic N) is 1. The molecule has 1 saturated carbocycles. The van der Waals surface area contributed by atoms with Crippen molar-refractivity contribution in [2.45, 2.75) is 18.4 Å². The average Bonchev–Trinajstić information content (AvgIpc) is 2.77. The second kappa shape index (κ2) is 2.58. The van der Waals surface area contributed by atoms with E-state index in [9.17, 15) is 0 Å². The van der Waals surface area contributed by atoms with E-state index in [2.05, 4.69) is 25.9 Å². The first kappa shape index (κ1) is 8.44. The lowest BCUT2D eigenvalue weighted by Gasteiger charge is -2.01. The number of hydrogen-bond acceptors (Lipinski definition) is 2. The van der Waals surface area contributed by atoms with Crippen molar-refractivity contribution in [3.05, 3.63) is 28.5 Å². The molecular weight excluding hydrogens is 242 g/mol. The van der Waals surface area contributed by atoms with E-state index in [0.717, 1.165) is 34.2 Å². The summed E-state index contributed by atoms with van der Waals surface area (Å²) in [5, 5.41) is 0. The summed E-state index contributed by atoms with van der Waals surface area (Å²) in [6.45, 7) is 0. The molecule has 14 heavy (non-hydrogen) atoms. The summed E-state index contributed by atoms with van der Waals surface area (Å²) in [7, 11) is 0. The highest BCUT2D eigenvalue weighted by Crippen LogP contribution is 2.41. The molecule has 4 heteroatoms. The van der Waals surface area contributed by atoms with E-state index in [1.807, 2.05) is 18.2 Å². The van der Waals surface area contributed by atoms with Crippen LogP contribution in [0, 0.1) is 0 Å². The number of aromatic nitrogens is 2. The quantitative estimate of drug-likeness (QED) is 0.817. The van der Waals surface area contributed by atoms with E-state index in [4.69, 9.17) is 5.73 Å². The van der Waals surface area contributed by atoms with Gasteiger partial charge in [-0.15, -0.1) is 0 Å². The third-order valence-corrected chi connectivity index (χ3v) is 3.20. The Morgan fingerprint density at radius 2 is 2.21 bits per heavy atom. The van der Waals surface area contributed by atoms with Crippen LogP contribution in [0.4, 0.5) is 0 Å². The van der Waals surface area contributed by atoms with E-state index in [1.54, 1.807) is 0 Å². The Morgan fingerprint density at radius 3 is 2.93 bits per heavy atom. The third-order valence-electron chi connectivity index (χ3n) is 2.70. The lowest BCUT2D eigenvalue weighted by atomic mass is 10.3. The van der Waals surface area contributed by atoms with Crippen molar-refractivity contribution in [3.63, 3.8) is 0 Å². The molecule has 1 heterocycles. The summed E-state index contributed by atoms with van der Waals surface area (Å²) >= 11 is 3.43. The molecule has 1 aromatic heterocycles. The fraction of sp³-hybridized carbons (Fsp3) is 0.300. The number of imidazole rings is 1. The molecule has 72 valence electrons. The number of rotatable bonds is 1. The monoisotopic (exact) mass is 251 g/mol. The number of nitrogens with one attached hydrogen (secondary N) is 1. The molecule has 0 radical (unpaired) electrons. The summed E-state index contributed by atoms with van der Waals surface area (Å²) in [5.74, 6) is 0.922. The Morgan fingerprint density at radius 1 is 1.43 bits per heavy atom. The molecule has 0 saturated heterocycles. The van der Waals surface area contributed by atoms with Crippen molar-refractivity contribution < 1.29 is 0 Å². The highest BCUT2D eigenvalue weighted by molar-refractivity contribution is 9.10. The van der Waals surface area contributed by atoms with E-state index in [0.29, 0.717) is 0 Å². The zero-order valence-electron chi connectivity index (χ0n) is 7.55. The van der Waals surface area contributed by atoms with Gasteiger partial charge in [-0.05, 0) is 31.0 Å². The highest BCUT2D eigenvalue weighted by Gasteiger charge is 2.42. The molecule has 1 aliphatic rings. The molecule has 1 aliphatic carbocycles. The van der Waals surface area contributed by atoms with Crippen LogP contribution < -0.4 is 5.73 Å². The summed E-state index contributed by atoms with van der Waals surface area (Å²) < 4.78 is 1.06. The number of hydrogen-bond donors (Lipinski definition) is 2. The fourth-order valence-electron chi connectivity index (χ4n) is 1.59. The average molecular weight is 252 g/mol. The molecule has 0 aliphatic heterocycles. The number of H-pyrrole nitrogens is 1. The summed E-state index contributed by atoms with van der Waals surface area (Å²) in [5.41, 5.74) is 7.92. The van der Waals surface area contributed by atoms with E-state index >= 15 is 0 Å². The molecule has 0 atom stereocenters. The Bertz CT molecular complexity index is 499. The predicted octanol–water partition coefficient (Wildman–Crippen LogP) is 2.27. The Kier molecular flexibility index (Phi) is 1.56. The topological polar surface area (TPSA) is 54.7 Å². The number of aromatic amines is 1. The van der Waals surface area contributed by atoms with Crippen molar-refractivity contribution in [3.8, 4) is 0 Å². The summed E-state index contributed by atoms with van der Waals surface area (Å²) in [6.07, 6.45) is 2.07. The van der Waals surface area contributed by atoms with Crippen LogP contribution in [-0.2, 0) is 5.54 Å². The SMILES string of the molecule is NC1(c2nc3ccc(Br)cc3[nH]2)CC1. The van der Waals surface area contributed by atoms with Gasteiger partial charge in [0.05, 0.1) is 16.6 Å². The van der Waals surface area contributed by atoms with Gasteiger partial charge in [0.25, 0.3) is 0 Å². The first-order valence-electron chi connectivity index (χ1n) is 4.62. The fourth-order valence-corrected chi connectivity index (χ4v) is 1.95. The first-order valence-corrected chi connectivity index (χ1v) is 5.41. The largest absolute Gasteiger partial charge is 0.340 e. The number of benzene rings is 1. The molecular formula is C10H10BrN3. The van der Waals surface area contributed by atoms with E-state index < -0.39 is 0 Å². The predicted molar refractivity (Wildman–Crippen MR) is 58.9 cm³/mol. The van der Waals surface area contributed by atoms with Crippen LogP contribution in [0.1, 0.15) is 18.7 Å². The normalized spacial score (nSPS) is 18.7. The lowest BCUT2D eigenvalue weighted by Crippen LogP contribution is -2.20. The standard InChI is InChI=1S/C10H10BrN3/c11-6-1-2-7-8(5-6)14-9(13-7)10(12)3-4-10/h1-2,5H,3-4,12H2,(H,13,14). The van der Waals surface area contributed by atoms with E-state index in [1.165, 1.54) is 0 Å². The van der Waals surface area contributed by atoms with Crippen molar-refractivity contribution in [1.29, 1.82) is 0 Å². The molecule has 3 nitrogen and oxygen atoms in total. The minimum Gasteiger partial charge on any atom is -0.340 e. The maximum absolute atomic E-state index is 6.06. The molecule has 1 fully saturated rings. The minimum absolute atomic E-state index is 0.175. The second-order valence-corrected chi connectivity index (χ2v) is 4.82. The van der Waals surface area contributed by atoms with Gasteiger partial charge < -0.3 is 10.7 Å². The molecule has 1 aromatic carbocycles. The smallest absolute Gasteiger partial charge is 0.127 e. The summed E-state index contributed by atoms with van der Waals surface area (Å²) in [4.78, 5) is 7.76. The molecule has 0 unspecified atom stereocenters. The minimum atomic E-state index is -0.175. The first-order chi connectivity index (χ1) is 6.67. The number of nitrogens with two attached hydrogens (primary N) is 1. The zero-order chi connectivity index (χ0) is 9.76. The van der Waals surface area contributed by atoms with Crippen LogP contribution in [0.5, 0.6) is 0 Å². The molecule has 2 aromatic rings. The van der Waals surface area contributed by atoms with Crippen LogP contribution in [0.25, 0.3) is 11.0 Å². The molecule has 3 N–H and O–H groups in total. The van der Waals surface area contributed by atoms with Crippen LogP contribution >= 0.6 is 15.9 Å². The lowest BCUT2D eigenvalue weighted by molar-refractivity contribution is 0.688. The van der Waals surface area contributed by atoms with Crippen molar-refractivity contribution in [1.82, 2.24) is 9.97 Å². The number of halogens is 1. The van der Waals surface area contributed by atoms with Gasteiger partial charge in [0.2, 0.25) is 0 Å². The van der Waals surface area contributed by atoms with Gasteiger partial charge in [-0.25, -0.2) is 4.98 Å². The highest BCUT2D eigenvalue weighted by atomic mass is 79.9. The van der Waals surface area contributed by atoms with Crippen LogP contribution in [-0.4, -0.2) is 9.97 Å². The third kappa shape index (κ3) is 1.18. The molecule has 0 spiro atoms. The van der Waals surface area contributed by atoms with Gasteiger partial charge >= 0.3 is 0 Å².